The zero-order valence-electron chi connectivity index (χ0n) is 22.0. The van der Waals surface area contributed by atoms with Crippen molar-refractivity contribution in [2.45, 2.75) is 65.5 Å². The van der Waals surface area contributed by atoms with Gasteiger partial charge in [0.05, 0.1) is 12.6 Å². The summed E-state index contributed by atoms with van der Waals surface area (Å²) in [5.74, 6) is 1.41. The quantitative estimate of drug-likeness (QED) is 0.508. The first kappa shape index (κ1) is 25.1. The van der Waals surface area contributed by atoms with E-state index >= 15 is 4.39 Å². The molecule has 36 heavy (non-hydrogen) atoms. The number of carbonyl (C=O) groups excluding carboxylic acids is 1. The predicted octanol–water partition coefficient (Wildman–Crippen LogP) is 6.36. The van der Waals surface area contributed by atoms with Crippen LogP contribution >= 0.6 is 0 Å². The molecule has 3 fully saturated rings. The summed E-state index contributed by atoms with van der Waals surface area (Å²) in [7, 11) is 0. The Hall–Kier alpha value is -2.60. The average Bonchev–Trinajstić information content (AvgIpc) is 2.85. The fourth-order valence-corrected chi connectivity index (χ4v) is 5.96. The molecule has 3 saturated heterocycles. The highest BCUT2D eigenvalue weighted by atomic mass is 19.1. The van der Waals surface area contributed by atoms with E-state index in [4.69, 9.17) is 9.47 Å². The van der Waals surface area contributed by atoms with E-state index in [0.717, 1.165) is 67.8 Å². The molecule has 0 radical (unpaired) electrons. The van der Waals surface area contributed by atoms with E-state index < -0.39 is 0 Å². The fraction of sp³-hybridized carbons (Fsp3) is 0.567. The van der Waals surface area contributed by atoms with Gasteiger partial charge >= 0.3 is 6.09 Å². The third kappa shape index (κ3) is 5.24. The minimum absolute atomic E-state index is 0.0507. The van der Waals surface area contributed by atoms with Crippen LogP contribution in [0, 0.1) is 23.1 Å². The van der Waals surface area contributed by atoms with E-state index in [1.54, 1.807) is 6.07 Å². The van der Waals surface area contributed by atoms with Crippen LogP contribution in [-0.4, -0.2) is 43.3 Å². The van der Waals surface area contributed by atoms with E-state index in [-0.39, 0.29) is 29.5 Å². The van der Waals surface area contributed by atoms with Crippen molar-refractivity contribution >= 4 is 6.09 Å². The summed E-state index contributed by atoms with van der Waals surface area (Å²) >= 11 is 0. The van der Waals surface area contributed by atoms with Crippen LogP contribution in [0.2, 0.25) is 0 Å². The third-order valence-corrected chi connectivity index (χ3v) is 8.23. The van der Waals surface area contributed by atoms with Crippen LogP contribution in [0.4, 0.5) is 9.18 Å². The number of hydrogen-bond donors (Lipinski definition) is 1. The first-order valence-corrected chi connectivity index (χ1v) is 13.4. The maximum absolute atomic E-state index is 15.5. The number of amides is 1. The Balaban J connectivity index is 1.34. The van der Waals surface area contributed by atoms with Crippen molar-refractivity contribution in [3.63, 3.8) is 0 Å². The number of hydrogen-bond acceptors (Lipinski definition) is 4. The van der Waals surface area contributed by atoms with Gasteiger partial charge in [-0.15, -0.1) is 0 Å². The number of nitrogens with zero attached hydrogens (tertiary/aromatic N) is 1. The maximum atomic E-state index is 15.5. The van der Waals surface area contributed by atoms with Gasteiger partial charge in [-0.3, -0.25) is 4.90 Å². The highest BCUT2D eigenvalue weighted by Gasteiger charge is 2.40. The molecule has 1 amide bonds. The molecule has 3 heterocycles. The summed E-state index contributed by atoms with van der Waals surface area (Å²) in [6, 6.07) is 10.9. The molecule has 4 aliphatic rings. The summed E-state index contributed by atoms with van der Waals surface area (Å²) in [5.41, 5.74) is 3.14. The minimum atomic E-state index is -0.388. The van der Waals surface area contributed by atoms with Gasteiger partial charge in [0, 0.05) is 12.1 Å². The Morgan fingerprint density at radius 3 is 2.53 bits per heavy atom. The van der Waals surface area contributed by atoms with E-state index in [2.05, 4.69) is 37.9 Å². The van der Waals surface area contributed by atoms with E-state index in [1.165, 1.54) is 0 Å². The normalized spacial score (nSPS) is 26.4. The molecule has 0 saturated carbocycles. The second kappa shape index (κ2) is 10.0. The number of alkyl carbamates (subject to hydrolysis) is 1. The first-order chi connectivity index (χ1) is 17.2. The highest BCUT2D eigenvalue weighted by Crippen LogP contribution is 2.45. The SMILES string of the molecule is CC(C)COc1ccc(-c2cc3c(cc2F)[C@H](NC(=O)O[C@@H]2CN4CCC2CC4)C(C)(C)CC3)cc1. The number of nitrogens with one attached hydrogen (secondary N) is 1. The molecular weight excluding hydrogens is 455 g/mol. The number of ether oxygens (including phenoxy) is 2. The van der Waals surface area contributed by atoms with Crippen LogP contribution in [-0.2, 0) is 11.2 Å². The number of benzene rings is 2. The minimum Gasteiger partial charge on any atom is -0.493 e. The Morgan fingerprint density at radius 2 is 1.89 bits per heavy atom. The average molecular weight is 495 g/mol. The number of aryl methyl sites for hydroxylation is 1. The monoisotopic (exact) mass is 494 g/mol. The molecule has 2 aromatic rings. The first-order valence-electron chi connectivity index (χ1n) is 13.4. The van der Waals surface area contributed by atoms with Gasteiger partial charge in [-0.2, -0.15) is 0 Å². The third-order valence-electron chi connectivity index (χ3n) is 8.23. The van der Waals surface area contributed by atoms with Crippen molar-refractivity contribution in [3.8, 4) is 16.9 Å². The summed E-state index contributed by atoms with van der Waals surface area (Å²) in [4.78, 5) is 15.4. The van der Waals surface area contributed by atoms with Gasteiger partial charge in [0.25, 0.3) is 0 Å². The fourth-order valence-electron chi connectivity index (χ4n) is 5.96. The molecule has 0 unspecified atom stereocenters. The zero-order valence-corrected chi connectivity index (χ0v) is 22.0. The van der Waals surface area contributed by atoms with Crippen molar-refractivity contribution in [1.82, 2.24) is 10.2 Å². The van der Waals surface area contributed by atoms with Gasteiger partial charge in [-0.05, 0) is 97.0 Å². The number of halogens is 1. The predicted molar refractivity (Wildman–Crippen MR) is 140 cm³/mol. The Labute approximate surface area is 214 Å². The van der Waals surface area contributed by atoms with Crippen LogP contribution < -0.4 is 10.1 Å². The van der Waals surface area contributed by atoms with Gasteiger partial charge in [0.15, 0.2) is 0 Å². The Bertz CT molecular complexity index is 1090. The molecular formula is C30H39FN2O3. The van der Waals surface area contributed by atoms with Gasteiger partial charge in [0.2, 0.25) is 0 Å². The summed E-state index contributed by atoms with van der Waals surface area (Å²) in [6.45, 7) is 12.2. The molecule has 0 spiro atoms. The molecule has 2 atom stereocenters. The molecule has 2 aromatic carbocycles. The summed E-state index contributed by atoms with van der Waals surface area (Å²) < 4.78 is 27.2. The van der Waals surface area contributed by atoms with Gasteiger partial charge in [-0.1, -0.05) is 39.8 Å². The molecule has 3 aliphatic heterocycles. The van der Waals surface area contributed by atoms with E-state index in [0.29, 0.717) is 24.0 Å². The molecule has 0 aromatic heterocycles. The van der Waals surface area contributed by atoms with Crippen molar-refractivity contribution in [2.75, 3.05) is 26.2 Å². The second-order valence-corrected chi connectivity index (χ2v) is 11.9. The summed E-state index contributed by atoms with van der Waals surface area (Å²) in [6.07, 6.45) is 3.49. The molecule has 1 aliphatic carbocycles. The Morgan fingerprint density at radius 1 is 1.17 bits per heavy atom. The van der Waals surface area contributed by atoms with E-state index in [1.807, 2.05) is 30.3 Å². The Kier molecular flexibility index (Phi) is 6.99. The number of rotatable bonds is 6. The lowest BCUT2D eigenvalue weighted by molar-refractivity contribution is -0.0353. The number of carbonyl (C=O) groups is 1. The topological polar surface area (TPSA) is 50.8 Å². The lowest BCUT2D eigenvalue weighted by Gasteiger charge is -2.44. The molecule has 1 N–H and O–H groups in total. The van der Waals surface area contributed by atoms with E-state index in [9.17, 15) is 4.79 Å². The van der Waals surface area contributed by atoms with Crippen LogP contribution in [0.3, 0.4) is 0 Å². The molecule has 2 bridgehead atoms. The van der Waals surface area contributed by atoms with Crippen LogP contribution in [0.1, 0.15) is 64.1 Å². The lowest BCUT2D eigenvalue weighted by atomic mass is 9.70. The summed E-state index contributed by atoms with van der Waals surface area (Å²) in [5, 5.41) is 3.13. The molecule has 6 heteroatoms. The van der Waals surface area contributed by atoms with Crippen molar-refractivity contribution in [1.29, 1.82) is 0 Å². The maximum Gasteiger partial charge on any atom is 0.407 e. The smallest absolute Gasteiger partial charge is 0.407 e. The number of piperidine rings is 3. The van der Waals surface area contributed by atoms with Crippen molar-refractivity contribution < 1.29 is 18.7 Å². The van der Waals surface area contributed by atoms with Crippen LogP contribution in [0.25, 0.3) is 11.1 Å². The van der Waals surface area contributed by atoms with Gasteiger partial charge in [0.1, 0.15) is 17.7 Å². The van der Waals surface area contributed by atoms with Gasteiger partial charge < -0.3 is 14.8 Å². The van der Waals surface area contributed by atoms with Crippen LogP contribution in [0.15, 0.2) is 36.4 Å². The van der Waals surface area contributed by atoms with Crippen molar-refractivity contribution in [3.05, 3.63) is 53.3 Å². The molecule has 5 nitrogen and oxygen atoms in total. The number of fused-ring (bicyclic) bond motifs is 4. The van der Waals surface area contributed by atoms with Gasteiger partial charge in [-0.25, -0.2) is 9.18 Å². The second-order valence-electron chi connectivity index (χ2n) is 11.9. The highest BCUT2D eigenvalue weighted by molar-refractivity contribution is 5.70. The standard InChI is InChI=1S/C30H39FN2O3/c1-19(2)18-35-23-7-5-20(6-8-23)24-15-22-9-12-30(3,4)28(25(22)16-26(24)31)32-29(34)36-27-17-33-13-10-21(27)11-14-33/h5-8,15-16,19,21,27-28H,9-14,17-18H2,1-4H3,(H,32,34)/t27-,28+/m1/s1. The molecule has 6 rings (SSSR count). The lowest BCUT2D eigenvalue weighted by Crippen LogP contribution is -2.53. The van der Waals surface area contributed by atoms with Crippen LogP contribution in [0.5, 0.6) is 5.75 Å². The largest absolute Gasteiger partial charge is 0.493 e. The molecule has 194 valence electrons. The zero-order chi connectivity index (χ0) is 25.4. The van der Waals surface area contributed by atoms with Crippen molar-refractivity contribution in [2.24, 2.45) is 17.3 Å².